The van der Waals surface area contributed by atoms with E-state index in [1.54, 1.807) is 0 Å². The maximum atomic E-state index is 8.92. The molecule has 2 nitrogen and oxygen atoms in total. The van der Waals surface area contributed by atoms with Crippen LogP contribution in [0.15, 0.2) is 24.3 Å². The Hall–Kier alpha value is -1.49. The highest BCUT2D eigenvalue weighted by Gasteiger charge is 2.15. The number of anilines is 1. The molecule has 0 amide bonds. The fraction of sp³-hybridized carbons (Fsp3) is 0.500. The molecular weight excluding hydrogens is 196 g/mol. The summed E-state index contributed by atoms with van der Waals surface area (Å²) in [4.78, 5) is 0. The van der Waals surface area contributed by atoms with E-state index < -0.39 is 5.54 Å². The highest BCUT2D eigenvalue weighted by atomic mass is 15.0. The second kappa shape index (κ2) is 5.03. The molecule has 86 valence electrons. The topological polar surface area (TPSA) is 35.8 Å². The summed E-state index contributed by atoms with van der Waals surface area (Å²) in [6.45, 7) is 8.17. The van der Waals surface area contributed by atoms with Gasteiger partial charge >= 0.3 is 0 Å². The number of benzene rings is 1. The minimum Gasteiger partial charge on any atom is -0.368 e. The summed E-state index contributed by atoms with van der Waals surface area (Å²) in [5.41, 5.74) is 1.83. The van der Waals surface area contributed by atoms with Crippen LogP contribution in [0, 0.1) is 17.2 Å². The van der Waals surface area contributed by atoms with E-state index in [1.807, 2.05) is 26.0 Å². The van der Waals surface area contributed by atoms with Crippen LogP contribution in [0.2, 0.25) is 0 Å². The van der Waals surface area contributed by atoms with Crippen molar-refractivity contribution in [3.8, 4) is 6.07 Å². The normalized spacial score (nSPS) is 11.2. The van der Waals surface area contributed by atoms with Gasteiger partial charge in [0.1, 0.15) is 5.54 Å². The molecule has 0 heterocycles. The summed E-state index contributed by atoms with van der Waals surface area (Å²) >= 11 is 0. The van der Waals surface area contributed by atoms with Crippen LogP contribution in [0.5, 0.6) is 0 Å². The molecule has 2 heteroatoms. The third-order valence-electron chi connectivity index (χ3n) is 2.33. The molecular formula is C14H20N2. The number of hydrogen-bond donors (Lipinski definition) is 1. The van der Waals surface area contributed by atoms with Crippen molar-refractivity contribution < 1.29 is 0 Å². The van der Waals surface area contributed by atoms with Crippen LogP contribution < -0.4 is 5.32 Å². The Bertz CT molecular complexity index is 369. The zero-order valence-electron chi connectivity index (χ0n) is 10.5. The van der Waals surface area contributed by atoms with Crippen LogP contribution in [-0.2, 0) is 6.42 Å². The number of nitrogens with zero attached hydrogens (tertiary/aromatic N) is 1. The van der Waals surface area contributed by atoms with Crippen molar-refractivity contribution in [2.45, 2.75) is 39.7 Å². The van der Waals surface area contributed by atoms with Crippen molar-refractivity contribution >= 4 is 5.69 Å². The zero-order chi connectivity index (χ0) is 12.2. The van der Waals surface area contributed by atoms with Crippen molar-refractivity contribution in [1.82, 2.24) is 0 Å². The number of rotatable bonds is 4. The van der Waals surface area contributed by atoms with Gasteiger partial charge in [0.05, 0.1) is 6.07 Å². The van der Waals surface area contributed by atoms with E-state index in [9.17, 15) is 0 Å². The number of nitriles is 1. The molecule has 1 N–H and O–H groups in total. The SMILES string of the molecule is CC(C)Cc1ccc(NC(C)(C)C#N)cc1. The molecule has 0 saturated carbocycles. The van der Waals surface area contributed by atoms with E-state index in [4.69, 9.17) is 5.26 Å². The number of nitrogens with one attached hydrogen (secondary N) is 1. The minimum absolute atomic E-state index is 0.514. The first kappa shape index (κ1) is 12.6. The minimum atomic E-state index is -0.514. The molecule has 0 bridgehead atoms. The van der Waals surface area contributed by atoms with E-state index in [0.717, 1.165) is 12.1 Å². The number of hydrogen-bond acceptors (Lipinski definition) is 2. The molecule has 0 aliphatic rings. The molecule has 0 fully saturated rings. The molecule has 0 atom stereocenters. The molecule has 1 rings (SSSR count). The van der Waals surface area contributed by atoms with Gasteiger partial charge in [-0.1, -0.05) is 26.0 Å². The Morgan fingerprint density at radius 1 is 1.25 bits per heavy atom. The van der Waals surface area contributed by atoms with Crippen LogP contribution in [0.1, 0.15) is 33.3 Å². The van der Waals surface area contributed by atoms with Crippen molar-refractivity contribution in [2.24, 2.45) is 5.92 Å². The van der Waals surface area contributed by atoms with Gasteiger partial charge in [0, 0.05) is 5.69 Å². The Morgan fingerprint density at radius 2 is 1.81 bits per heavy atom. The lowest BCUT2D eigenvalue weighted by molar-refractivity contribution is 0.647. The third kappa shape index (κ3) is 3.94. The van der Waals surface area contributed by atoms with Crippen molar-refractivity contribution in [1.29, 1.82) is 5.26 Å². The standard InChI is InChI=1S/C14H20N2/c1-11(2)9-12-5-7-13(8-6-12)16-14(3,4)10-15/h5-8,11,16H,9H2,1-4H3. The van der Waals surface area contributed by atoms with Gasteiger partial charge in [-0.15, -0.1) is 0 Å². The lowest BCUT2D eigenvalue weighted by atomic mass is 10.0. The quantitative estimate of drug-likeness (QED) is 0.834. The average molecular weight is 216 g/mol. The maximum absolute atomic E-state index is 8.92. The maximum Gasteiger partial charge on any atom is 0.119 e. The molecule has 0 aromatic heterocycles. The van der Waals surface area contributed by atoms with Gasteiger partial charge in [-0.05, 0) is 43.9 Å². The van der Waals surface area contributed by atoms with Crippen LogP contribution in [0.25, 0.3) is 0 Å². The molecule has 1 aromatic carbocycles. The molecule has 0 spiro atoms. The Balaban J connectivity index is 2.69. The smallest absolute Gasteiger partial charge is 0.119 e. The van der Waals surface area contributed by atoms with Crippen molar-refractivity contribution in [3.05, 3.63) is 29.8 Å². The molecule has 0 radical (unpaired) electrons. The summed E-state index contributed by atoms with van der Waals surface area (Å²) in [6.07, 6.45) is 1.10. The lowest BCUT2D eigenvalue weighted by Gasteiger charge is -2.19. The van der Waals surface area contributed by atoms with Gasteiger partial charge in [-0.3, -0.25) is 0 Å². The van der Waals surface area contributed by atoms with Crippen molar-refractivity contribution in [2.75, 3.05) is 5.32 Å². The van der Waals surface area contributed by atoms with Gasteiger partial charge in [-0.2, -0.15) is 5.26 Å². The van der Waals surface area contributed by atoms with E-state index in [2.05, 4.69) is 37.4 Å². The zero-order valence-corrected chi connectivity index (χ0v) is 10.5. The first-order valence-corrected chi connectivity index (χ1v) is 5.71. The Labute approximate surface area is 98.3 Å². The van der Waals surface area contributed by atoms with Crippen LogP contribution in [-0.4, -0.2) is 5.54 Å². The third-order valence-corrected chi connectivity index (χ3v) is 2.33. The summed E-state index contributed by atoms with van der Waals surface area (Å²) in [5.74, 6) is 0.675. The van der Waals surface area contributed by atoms with Crippen LogP contribution >= 0.6 is 0 Å². The van der Waals surface area contributed by atoms with E-state index in [1.165, 1.54) is 5.56 Å². The molecule has 16 heavy (non-hydrogen) atoms. The summed E-state index contributed by atoms with van der Waals surface area (Å²) < 4.78 is 0. The predicted octanol–water partition coefficient (Wildman–Crippen LogP) is 3.60. The Kier molecular flexibility index (Phi) is 3.95. The molecule has 0 aliphatic heterocycles. The van der Waals surface area contributed by atoms with E-state index >= 15 is 0 Å². The lowest BCUT2D eigenvalue weighted by Crippen LogP contribution is -2.28. The first-order chi connectivity index (χ1) is 7.43. The fourth-order valence-corrected chi connectivity index (χ4v) is 1.58. The van der Waals surface area contributed by atoms with E-state index in [0.29, 0.717) is 5.92 Å². The van der Waals surface area contributed by atoms with Crippen molar-refractivity contribution in [3.63, 3.8) is 0 Å². The van der Waals surface area contributed by atoms with Gasteiger partial charge < -0.3 is 5.32 Å². The van der Waals surface area contributed by atoms with E-state index in [-0.39, 0.29) is 0 Å². The average Bonchev–Trinajstić information content (AvgIpc) is 2.20. The highest BCUT2D eigenvalue weighted by molar-refractivity contribution is 5.48. The Morgan fingerprint density at radius 3 is 2.25 bits per heavy atom. The second-order valence-electron chi connectivity index (χ2n) is 5.16. The van der Waals surface area contributed by atoms with Gasteiger partial charge in [0.2, 0.25) is 0 Å². The molecule has 0 aliphatic carbocycles. The van der Waals surface area contributed by atoms with Crippen LogP contribution in [0.4, 0.5) is 5.69 Å². The van der Waals surface area contributed by atoms with Gasteiger partial charge in [0.15, 0.2) is 0 Å². The largest absolute Gasteiger partial charge is 0.368 e. The van der Waals surface area contributed by atoms with Gasteiger partial charge in [0.25, 0.3) is 0 Å². The summed E-state index contributed by atoms with van der Waals surface area (Å²) in [6, 6.07) is 10.5. The highest BCUT2D eigenvalue weighted by Crippen LogP contribution is 2.16. The predicted molar refractivity (Wildman–Crippen MR) is 68.3 cm³/mol. The van der Waals surface area contributed by atoms with Gasteiger partial charge in [-0.25, -0.2) is 0 Å². The molecule has 0 saturated heterocycles. The molecule has 1 aromatic rings. The monoisotopic (exact) mass is 216 g/mol. The summed E-state index contributed by atoms with van der Waals surface area (Å²) in [7, 11) is 0. The fourth-order valence-electron chi connectivity index (χ4n) is 1.58. The first-order valence-electron chi connectivity index (χ1n) is 5.71. The summed E-state index contributed by atoms with van der Waals surface area (Å²) in [5, 5.41) is 12.1. The molecule has 0 unspecified atom stereocenters. The second-order valence-corrected chi connectivity index (χ2v) is 5.16. The van der Waals surface area contributed by atoms with Crippen LogP contribution in [0.3, 0.4) is 0 Å².